The smallest absolute Gasteiger partial charge is 0.168 e. The Kier molecular flexibility index (Phi) is 5.22. The summed E-state index contributed by atoms with van der Waals surface area (Å²) in [5, 5.41) is 0.226. The van der Waals surface area contributed by atoms with Gasteiger partial charge in [0, 0.05) is 0 Å². The van der Waals surface area contributed by atoms with E-state index in [1.165, 1.54) is 0 Å². The number of hydrogen-bond donors (Lipinski definition) is 0. The molecule has 0 amide bonds. The lowest BCUT2D eigenvalue weighted by Gasteiger charge is -2.77. The van der Waals surface area contributed by atoms with Crippen molar-refractivity contribution in [2.45, 2.75) is 88.1 Å². The van der Waals surface area contributed by atoms with Gasteiger partial charge in [-0.05, 0) is 39.0 Å². The topological polar surface area (TPSA) is 9.23 Å². The summed E-state index contributed by atoms with van der Waals surface area (Å²) in [6, 6.07) is 0. The quantitative estimate of drug-likeness (QED) is 0.348. The minimum absolute atomic E-state index is 0.213. The van der Waals surface area contributed by atoms with Crippen molar-refractivity contribution in [3.05, 3.63) is 12.2 Å². The van der Waals surface area contributed by atoms with E-state index in [2.05, 4.69) is 95.2 Å². The van der Waals surface area contributed by atoms with Crippen molar-refractivity contribution >= 4 is 9.76 Å². The fourth-order valence-corrected chi connectivity index (χ4v) is 7.56. The van der Waals surface area contributed by atoms with Crippen LogP contribution in [0.1, 0.15) is 83.1 Å². The van der Waals surface area contributed by atoms with E-state index < -0.39 is 9.76 Å². The second-order valence-corrected chi connectivity index (χ2v) is 12.7. The molecule has 1 fully saturated rings. The Morgan fingerprint density at radius 3 is 1.35 bits per heavy atom. The van der Waals surface area contributed by atoms with Crippen molar-refractivity contribution in [1.82, 2.24) is 0 Å². The average molecular weight is 339 g/mol. The van der Waals surface area contributed by atoms with Gasteiger partial charge in [-0.1, -0.05) is 88.3 Å². The van der Waals surface area contributed by atoms with Gasteiger partial charge in [0.1, 0.15) is 0 Å². The summed E-state index contributed by atoms with van der Waals surface area (Å²) in [4.78, 5) is 0. The first-order chi connectivity index (χ1) is 10.1. The highest BCUT2D eigenvalue weighted by molar-refractivity contribution is 6.33. The van der Waals surface area contributed by atoms with E-state index in [4.69, 9.17) is 4.43 Å². The second-order valence-electron chi connectivity index (χ2n) is 10.5. The van der Waals surface area contributed by atoms with Crippen molar-refractivity contribution < 1.29 is 4.43 Å². The summed E-state index contributed by atoms with van der Waals surface area (Å²) in [6.07, 6.45) is 4.23. The molecule has 1 nitrogen and oxygen atoms in total. The lowest BCUT2D eigenvalue weighted by molar-refractivity contribution is -0.237. The summed E-state index contributed by atoms with van der Waals surface area (Å²) in [5.41, 5.74) is 1.12. The third-order valence-corrected chi connectivity index (χ3v) is 12.6. The molecule has 136 valence electrons. The summed E-state index contributed by atoms with van der Waals surface area (Å²) in [5.74, 6) is 0. The van der Waals surface area contributed by atoms with Gasteiger partial charge in [-0.25, -0.2) is 0 Å². The molecule has 0 N–H and O–H groups in total. The van der Waals surface area contributed by atoms with Gasteiger partial charge in [-0.2, -0.15) is 0 Å². The molecule has 0 atom stereocenters. The first-order valence-electron chi connectivity index (χ1n) is 9.25. The van der Waals surface area contributed by atoms with Crippen LogP contribution < -0.4 is 0 Å². The molecule has 0 heterocycles. The van der Waals surface area contributed by atoms with Crippen molar-refractivity contribution in [1.29, 1.82) is 0 Å². The molecule has 0 aromatic carbocycles. The maximum Gasteiger partial charge on any atom is 0.168 e. The molecule has 1 rings (SSSR count). The maximum atomic E-state index is 6.29. The fourth-order valence-electron chi connectivity index (χ4n) is 5.29. The van der Waals surface area contributed by atoms with Crippen molar-refractivity contribution in [2.24, 2.45) is 27.1 Å². The SMILES string of the molecule is CC=CCO[SiH2]C1(C)C(C)(C)C(C)(C)C(C)(C)C(C)(C)C1(C)C. The van der Waals surface area contributed by atoms with Crippen LogP contribution in [0.15, 0.2) is 12.2 Å². The Morgan fingerprint density at radius 2 is 1.00 bits per heavy atom. The molecule has 0 unspecified atom stereocenters. The largest absolute Gasteiger partial charge is 0.420 e. The van der Waals surface area contributed by atoms with E-state index in [1.54, 1.807) is 0 Å². The van der Waals surface area contributed by atoms with E-state index in [9.17, 15) is 0 Å². The minimum Gasteiger partial charge on any atom is -0.420 e. The van der Waals surface area contributed by atoms with Crippen molar-refractivity contribution in [2.75, 3.05) is 6.61 Å². The zero-order valence-electron chi connectivity index (χ0n) is 18.0. The highest BCUT2D eigenvalue weighted by Gasteiger charge is 2.73. The molecule has 23 heavy (non-hydrogen) atoms. The van der Waals surface area contributed by atoms with Crippen LogP contribution in [0.4, 0.5) is 0 Å². The van der Waals surface area contributed by atoms with Gasteiger partial charge in [-0.3, -0.25) is 0 Å². The molecule has 0 bridgehead atoms. The molecule has 0 spiro atoms. The third kappa shape index (κ3) is 2.34. The fraction of sp³-hybridized carbons (Fsp3) is 0.905. The van der Waals surface area contributed by atoms with Gasteiger partial charge in [0.15, 0.2) is 9.76 Å². The van der Waals surface area contributed by atoms with Crippen LogP contribution in [0.25, 0.3) is 0 Å². The normalized spacial score (nSPS) is 30.1. The number of hydrogen-bond acceptors (Lipinski definition) is 1. The molecule has 0 saturated heterocycles. The van der Waals surface area contributed by atoms with Gasteiger partial charge in [-0.15, -0.1) is 0 Å². The van der Waals surface area contributed by atoms with Crippen molar-refractivity contribution in [3.63, 3.8) is 0 Å². The predicted molar refractivity (Wildman–Crippen MR) is 107 cm³/mol. The summed E-state index contributed by atoms with van der Waals surface area (Å²) < 4.78 is 6.29. The first kappa shape index (κ1) is 21.0. The molecule has 0 aliphatic heterocycles. The zero-order valence-corrected chi connectivity index (χ0v) is 19.4. The predicted octanol–water partition coefficient (Wildman–Crippen LogP) is 5.99. The van der Waals surface area contributed by atoms with Crippen LogP contribution in [0.5, 0.6) is 0 Å². The van der Waals surface area contributed by atoms with E-state index in [-0.39, 0.29) is 32.1 Å². The van der Waals surface area contributed by atoms with E-state index in [0.29, 0.717) is 0 Å². The van der Waals surface area contributed by atoms with Crippen LogP contribution in [-0.2, 0) is 4.43 Å². The summed E-state index contributed by atoms with van der Waals surface area (Å²) >= 11 is 0. The Balaban J connectivity index is 3.49. The zero-order chi connectivity index (χ0) is 18.5. The van der Waals surface area contributed by atoms with Crippen LogP contribution in [0.2, 0.25) is 5.04 Å². The maximum absolute atomic E-state index is 6.29. The Labute approximate surface area is 148 Å². The molecular weight excluding hydrogens is 296 g/mol. The van der Waals surface area contributed by atoms with Crippen LogP contribution in [-0.4, -0.2) is 16.4 Å². The molecule has 1 aliphatic carbocycles. The lowest BCUT2D eigenvalue weighted by atomic mass is 9.32. The van der Waals surface area contributed by atoms with Crippen molar-refractivity contribution in [3.8, 4) is 0 Å². The van der Waals surface area contributed by atoms with Gasteiger partial charge in [0.25, 0.3) is 0 Å². The van der Waals surface area contributed by atoms with Crippen LogP contribution >= 0.6 is 0 Å². The van der Waals surface area contributed by atoms with E-state index in [0.717, 1.165) is 6.61 Å². The highest BCUT2D eigenvalue weighted by Crippen LogP contribution is 2.80. The Bertz CT molecular complexity index is 436. The van der Waals surface area contributed by atoms with Gasteiger partial charge in [0.05, 0.1) is 6.61 Å². The number of allylic oxidation sites excluding steroid dienone is 1. The average Bonchev–Trinajstić information content (AvgIpc) is 2.41. The van der Waals surface area contributed by atoms with E-state index >= 15 is 0 Å². The molecule has 0 radical (unpaired) electrons. The third-order valence-electron chi connectivity index (χ3n) is 9.85. The van der Waals surface area contributed by atoms with Gasteiger partial charge >= 0.3 is 0 Å². The van der Waals surface area contributed by atoms with Gasteiger partial charge in [0.2, 0.25) is 0 Å². The Hall–Kier alpha value is -0.0831. The summed E-state index contributed by atoms with van der Waals surface area (Å²) in [7, 11) is -0.697. The standard InChI is InChI=1S/C21H42OSi/c1-13-14-15-22-23-21(12)19(8,9)17(4,5)16(2,3)18(6,7)20(21,10)11/h13-14H,15,23H2,1-12H3. The lowest BCUT2D eigenvalue weighted by Crippen LogP contribution is -2.70. The molecule has 0 aromatic rings. The van der Waals surface area contributed by atoms with Gasteiger partial charge < -0.3 is 4.43 Å². The second kappa shape index (κ2) is 5.73. The molecule has 1 saturated carbocycles. The first-order valence-corrected chi connectivity index (χ1v) is 10.5. The molecular formula is C21H42OSi. The molecule has 2 heteroatoms. The monoisotopic (exact) mass is 338 g/mol. The molecule has 1 aliphatic rings. The molecule has 0 aromatic heterocycles. The van der Waals surface area contributed by atoms with Crippen LogP contribution in [0.3, 0.4) is 0 Å². The van der Waals surface area contributed by atoms with Crippen LogP contribution in [0, 0.1) is 27.1 Å². The Morgan fingerprint density at radius 1 is 0.652 bits per heavy atom. The van der Waals surface area contributed by atoms with E-state index in [1.807, 2.05) is 0 Å². The highest BCUT2D eigenvalue weighted by atomic mass is 28.2. The summed E-state index contributed by atoms with van der Waals surface area (Å²) in [6.45, 7) is 30.3. The minimum atomic E-state index is -0.697. The number of rotatable bonds is 4.